The van der Waals surface area contributed by atoms with Gasteiger partial charge in [-0.25, -0.2) is 9.59 Å². The van der Waals surface area contributed by atoms with Crippen LogP contribution in [0.5, 0.6) is 34.5 Å². The largest absolute Gasteiger partial charge is 0.497 e. The number of anilines is 1. The maximum absolute atomic E-state index is 14.7. The van der Waals surface area contributed by atoms with Crippen LogP contribution in [-0.4, -0.2) is 98.9 Å². The Morgan fingerprint density at radius 2 is 1.70 bits per heavy atom. The number of unbranched alkanes of at least 4 members (excludes halogenated alkanes) is 2. The van der Waals surface area contributed by atoms with Gasteiger partial charge in [-0.3, -0.25) is 10.2 Å². The smallest absolute Gasteiger partial charge is 0.417 e. The molecule has 0 aromatic heterocycles. The van der Waals surface area contributed by atoms with E-state index in [-0.39, 0.29) is 69.7 Å². The van der Waals surface area contributed by atoms with Crippen LogP contribution in [0.2, 0.25) is 0 Å². The SMILES string of the molecule is C=CCCOC(=O)N(Cc1ccc2c(c1)OCO2)C1CC(=NOCC)C2=CC(CCCCO)C(CCCCO)C3c4cc(OC(=O)Nc5ccc(OC)cc5OC)ccc4OC1(OCC=C)C23. The number of nitrogens with one attached hydrogen (secondary N) is 1. The number of aliphatic hydroxyl groups excluding tert-OH is 2. The van der Waals surface area contributed by atoms with Gasteiger partial charge in [0.25, 0.3) is 0 Å². The summed E-state index contributed by atoms with van der Waals surface area (Å²) in [6, 6.07) is 15.0. The van der Waals surface area contributed by atoms with Crippen LogP contribution in [-0.2, 0) is 20.9 Å². The van der Waals surface area contributed by atoms with E-state index in [1.54, 1.807) is 54.5 Å². The van der Waals surface area contributed by atoms with Gasteiger partial charge >= 0.3 is 12.2 Å². The lowest BCUT2D eigenvalue weighted by Crippen LogP contribution is -2.70. The fourth-order valence-electron chi connectivity index (χ4n) is 9.85. The van der Waals surface area contributed by atoms with E-state index >= 15 is 0 Å². The van der Waals surface area contributed by atoms with E-state index in [0.29, 0.717) is 72.4 Å². The molecule has 6 unspecified atom stereocenters. The molecule has 0 bridgehead atoms. The summed E-state index contributed by atoms with van der Waals surface area (Å²) in [6.07, 6.45) is 9.04. The summed E-state index contributed by atoms with van der Waals surface area (Å²) in [5, 5.41) is 27.5. The van der Waals surface area contributed by atoms with Crippen molar-refractivity contribution in [3.63, 3.8) is 0 Å². The van der Waals surface area contributed by atoms with Gasteiger partial charge in [-0.1, -0.05) is 42.3 Å². The Morgan fingerprint density at radius 3 is 2.45 bits per heavy atom. The third-order valence-electron chi connectivity index (χ3n) is 12.8. The maximum atomic E-state index is 14.7. The molecule has 6 atom stereocenters. The van der Waals surface area contributed by atoms with E-state index in [4.69, 9.17) is 47.9 Å². The minimum absolute atomic E-state index is 0.0167. The van der Waals surface area contributed by atoms with E-state index in [9.17, 15) is 19.8 Å². The molecule has 2 aliphatic heterocycles. The summed E-state index contributed by atoms with van der Waals surface area (Å²) in [4.78, 5) is 35.9. The lowest BCUT2D eigenvalue weighted by molar-refractivity contribution is -0.256. The second-order valence-electron chi connectivity index (χ2n) is 16.8. The number of allylic oxidation sites excluding steroid dienone is 1. The van der Waals surface area contributed by atoms with Crippen molar-refractivity contribution >= 4 is 23.6 Å². The average Bonchev–Trinajstić information content (AvgIpc) is 3.81. The first-order valence-electron chi connectivity index (χ1n) is 23.1. The summed E-state index contributed by atoms with van der Waals surface area (Å²) in [5.74, 6) is 0.215. The topological polar surface area (TPSA) is 185 Å². The number of benzene rings is 3. The maximum Gasteiger partial charge on any atom is 0.417 e. The van der Waals surface area contributed by atoms with Gasteiger partial charge in [-0.15, -0.1) is 13.2 Å². The highest BCUT2D eigenvalue weighted by molar-refractivity contribution is 6.03. The van der Waals surface area contributed by atoms with Gasteiger partial charge in [0.05, 0.1) is 44.8 Å². The van der Waals surface area contributed by atoms with Crippen LogP contribution in [0.15, 0.2) is 96.7 Å². The van der Waals surface area contributed by atoms with Crippen molar-refractivity contribution in [3.05, 3.63) is 103 Å². The summed E-state index contributed by atoms with van der Waals surface area (Å²) in [5.41, 5.74) is 3.40. The number of hydrogen-bond donors (Lipinski definition) is 3. The van der Waals surface area contributed by atoms with Crippen molar-refractivity contribution in [2.45, 2.75) is 82.6 Å². The highest BCUT2D eigenvalue weighted by Crippen LogP contribution is 2.62. The van der Waals surface area contributed by atoms with Gasteiger partial charge in [0.1, 0.15) is 35.6 Å². The molecule has 3 aromatic rings. The zero-order valence-electron chi connectivity index (χ0n) is 38.6. The van der Waals surface area contributed by atoms with Crippen LogP contribution in [0.4, 0.5) is 15.3 Å². The van der Waals surface area contributed by atoms with Crippen LogP contribution in [0, 0.1) is 17.8 Å². The molecule has 360 valence electrons. The molecule has 0 spiro atoms. The van der Waals surface area contributed by atoms with Gasteiger partial charge in [0.2, 0.25) is 12.6 Å². The first-order chi connectivity index (χ1) is 32.7. The minimum Gasteiger partial charge on any atom is -0.497 e. The van der Waals surface area contributed by atoms with E-state index < -0.39 is 29.9 Å². The van der Waals surface area contributed by atoms with Crippen LogP contribution < -0.4 is 33.7 Å². The first kappa shape index (κ1) is 48.7. The van der Waals surface area contributed by atoms with Gasteiger partial charge < -0.3 is 52.9 Å². The summed E-state index contributed by atoms with van der Waals surface area (Å²) in [7, 11) is 3.04. The molecule has 2 aliphatic carbocycles. The van der Waals surface area contributed by atoms with Gasteiger partial charge in [0, 0.05) is 43.7 Å². The lowest BCUT2D eigenvalue weighted by Gasteiger charge is -2.59. The highest BCUT2D eigenvalue weighted by atomic mass is 16.7. The van der Waals surface area contributed by atoms with Crippen molar-refractivity contribution < 1.29 is 62.5 Å². The fraction of sp³-hybridized carbons (Fsp3) is 0.471. The van der Waals surface area contributed by atoms with Crippen molar-refractivity contribution in [1.82, 2.24) is 4.90 Å². The van der Waals surface area contributed by atoms with Crippen LogP contribution >= 0.6 is 0 Å². The molecule has 1 saturated carbocycles. The lowest BCUT2D eigenvalue weighted by atomic mass is 9.55. The molecule has 7 rings (SSSR count). The Labute approximate surface area is 392 Å². The van der Waals surface area contributed by atoms with Crippen molar-refractivity contribution in [3.8, 4) is 34.5 Å². The zero-order chi connectivity index (χ0) is 47.3. The molecule has 3 N–H and O–H groups in total. The quantitative estimate of drug-likeness (QED) is 0.0466. The number of methoxy groups -OCH3 is 2. The first-order valence-corrected chi connectivity index (χ1v) is 23.1. The molecule has 2 amide bonds. The molecule has 1 fully saturated rings. The Morgan fingerprint density at radius 1 is 0.925 bits per heavy atom. The number of amides is 2. The number of carbonyl (C=O) groups is 2. The number of oxime groups is 1. The number of fused-ring (bicyclic) bond motifs is 3. The third-order valence-corrected chi connectivity index (χ3v) is 12.8. The predicted octanol–water partition coefficient (Wildman–Crippen LogP) is 8.91. The highest BCUT2D eigenvalue weighted by Gasteiger charge is 2.65. The normalized spacial score (nSPS) is 22.6. The molecule has 16 nitrogen and oxygen atoms in total. The molecule has 2 heterocycles. The Bertz CT molecular complexity index is 2280. The van der Waals surface area contributed by atoms with Gasteiger partial charge in [-0.2, -0.15) is 0 Å². The standard InChI is InChI=1S/C51H63N3O13/c1-6-9-25-61-50(58)54(31-33-16-20-43-45(26-33)63-32-62-43)46-30-41(53-65-8-3)38-27-34(14-10-12-22-55)37(15-11-13-23-56)47-39-28-36(18-21-42(39)67-51(46,48(38)47)64-24-7-2)66-49(57)52-40-19-17-35(59-4)29-44(40)60-5/h6-7,16-21,26-29,34,37,46-48,55-56H,1-2,8-15,22-25,30-32H2,3-5H3,(H,52,57). The van der Waals surface area contributed by atoms with Crippen LogP contribution in [0.3, 0.4) is 0 Å². The van der Waals surface area contributed by atoms with E-state index in [1.165, 1.54) is 7.11 Å². The molecule has 16 heteroatoms. The molecule has 3 aromatic carbocycles. The van der Waals surface area contributed by atoms with Crippen LogP contribution in [0.25, 0.3) is 0 Å². The summed E-state index contributed by atoms with van der Waals surface area (Å²) in [6.45, 7) is 10.4. The Hall–Kier alpha value is -6.23. The molecular formula is C51H63N3O13. The van der Waals surface area contributed by atoms with Crippen LogP contribution in [0.1, 0.15) is 75.3 Å². The Kier molecular flexibility index (Phi) is 16.7. The van der Waals surface area contributed by atoms with Crippen molar-refractivity contribution in [2.24, 2.45) is 22.9 Å². The number of nitrogens with zero attached hydrogens (tertiary/aromatic N) is 2. The number of hydrogen-bond acceptors (Lipinski definition) is 14. The number of aliphatic hydroxyl groups is 2. The minimum atomic E-state index is -1.56. The second kappa shape index (κ2) is 23.0. The number of ether oxygens (including phenoxy) is 8. The third kappa shape index (κ3) is 10.8. The predicted molar refractivity (Wildman–Crippen MR) is 250 cm³/mol. The van der Waals surface area contributed by atoms with Crippen molar-refractivity contribution in [1.29, 1.82) is 0 Å². The van der Waals surface area contributed by atoms with E-state index in [1.807, 2.05) is 31.2 Å². The fourth-order valence-corrected chi connectivity index (χ4v) is 9.85. The molecule has 0 saturated heterocycles. The Balaban J connectivity index is 1.40. The van der Waals surface area contributed by atoms with Gasteiger partial charge in [0.15, 0.2) is 11.5 Å². The molecule has 67 heavy (non-hydrogen) atoms. The molecular weight excluding hydrogens is 863 g/mol. The zero-order valence-corrected chi connectivity index (χ0v) is 38.6. The number of carbonyl (C=O) groups excluding carboxylic acids is 2. The molecule has 0 radical (unpaired) electrons. The second-order valence-corrected chi connectivity index (χ2v) is 16.8. The summed E-state index contributed by atoms with van der Waals surface area (Å²) < 4.78 is 48.6. The monoisotopic (exact) mass is 925 g/mol. The van der Waals surface area contributed by atoms with E-state index in [2.05, 4.69) is 24.6 Å². The molecule has 4 aliphatic rings. The average molecular weight is 926 g/mol. The van der Waals surface area contributed by atoms with Gasteiger partial charge in [-0.05, 0) is 104 Å². The van der Waals surface area contributed by atoms with E-state index in [0.717, 1.165) is 36.0 Å². The number of rotatable bonds is 23. The van der Waals surface area contributed by atoms with Crippen molar-refractivity contribution in [2.75, 3.05) is 59.4 Å². The summed E-state index contributed by atoms with van der Waals surface area (Å²) >= 11 is 0.